The maximum Gasteiger partial charge on any atom is 0.337 e. The first-order valence-corrected chi connectivity index (χ1v) is 10.9. The smallest absolute Gasteiger partial charge is 0.337 e. The van der Waals surface area contributed by atoms with Gasteiger partial charge in [0, 0.05) is 11.9 Å². The second-order valence-corrected chi connectivity index (χ2v) is 8.00. The van der Waals surface area contributed by atoms with Gasteiger partial charge in [-0.15, -0.1) is 0 Å². The number of thioether (sulfide) groups is 1. The van der Waals surface area contributed by atoms with Gasteiger partial charge in [-0.1, -0.05) is 30.3 Å². The highest BCUT2D eigenvalue weighted by molar-refractivity contribution is 8.18. The number of fused-ring (bicyclic) bond motifs is 1. The molecule has 0 aliphatic carbocycles. The van der Waals surface area contributed by atoms with Crippen molar-refractivity contribution in [2.75, 3.05) is 20.8 Å². The molecule has 1 amide bonds. The topological polar surface area (TPSA) is 68.2 Å². The van der Waals surface area contributed by atoms with Crippen LogP contribution in [0.1, 0.15) is 22.8 Å². The van der Waals surface area contributed by atoms with Crippen molar-refractivity contribution in [3.8, 4) is 5.75 Å². The Balaban J connectivity index is 1.69. The first kappa shape index (κ1) is 21.6. The minimum absolute atomic E-state index is 0.0812. The van der Waals surface area contributed by atoms with Crippen LogP contribution in [0.25, 0.3) is 16.8 Å². The van der Waals surface area contributed by atoms with E-state index in [1.165, 1.54) is 18.9 Å². The Labute approximate surface area is 190 Å². The highest BCUT2D eigenvalue weighted by atomic mass is 32.2. The molecule has 3 aromatic carbocycles. The molecular formula is C25H22N2O4S. The van der Waals surface area contributed by atoms with E-state index in [-0.39, 0.29) is 5.91 Å². The summed E-state index contributed by atoms with van der Waals surface area (Å²) in [6.45, 7) is 2.42. The number of hydrogen-bond donors (Lipinski definition) is 0. The Morgan fingerprint density at radius 2 is 1.75 bits per heavy atom. The standard InChI is InChI=1S/C25H22N2O4S/c1-4-27-23(28)22(15-17-11-14-21(30-2)20-8-6-5-7-19(17)20)32-25(27)26-18-12-9-16(10-13-18)24(29)31-3/h5-15H,4H2,1-3H3. The van der Waals surface area contributed by atoms with Crippen molar-refractivity contribution in [3.63, 3.8) is 0 Å². The lowest BCUT2D eigenvalue weighted by Crippen LogP contribution is -2.28. The van der Waals surface area contributed by atoms with Crippen molar-refractivity contribution in [1.29, 1.82) is 0 Å². The zero-order chi connectivity index (χ0) is 22.7. The molecule has 0 atom stereocenters. The predicted octanol–water partition coefficient (Wildman–Crippen LogP) is 5.26. The fourth-order valence-electron chi connectivity index (χ4n) is 3.51. The van der Waals surface area contributed by atoms with Crippen molar-refractivity contribution in [3.05, 3.63) is 76.7 Å². The van der Waals surface area contributed by atoms with Crippen LogP contribution in [0, 0.1) is 0 Å². The molecule has 3 aromatic rings. The van der Waals surface area contributed by atoms with Crippen LogP contribution in [0.15, 0.2) is 70.6 Å². The van der Waals surface area contributed by atoms with Crippen LogP contribution in [-0.2, 0) is 9.53 Å². The normalized spacial score (nSPS) is 16.2. The van der Waals surface area contributed by atoms with Crippen molar-refractivity contribution in [2.24, 2.45) is 4.99 Å². The fraction of sp³-hybridized carbons (Fsp3) is 0.160. The summed E-state index contributed by atoms with van der Waals surface area (Å²) in [7, 11) is 2.99. The predicted molar refractivity (Wildman–Crippen MR) is 128 cm³/mol. The number of methoxy groups -OCH3 is 2. The van der Waals surface area contributed by atoms with Gasteiger partial charge in [0.1, 0.15) is 5.75 Å². The molecule has 1 aliphatic heterocycles. The second kappa shape index (κ2) is 9.28. The number of rotatable bonds is 5. The summed E-state index contributed by atoms with van der Waals surface area (Å²) < 4.78 is 10.2. The van der Waals surface area contributed by atoms with Crippen LogP contribution in [0.5, 0.6) is 5.75 Å². The van der Waals surface area contributed by atoms with E-state index < -0.39 is 5.97 Å². The summed E-state index contributed by atoms with van der Waals surface area (Å²) in [6.07, 6.45) is 1.90. The number of esters is 1. The number of hydrogen-bond acceptors (Lipinski definition) is 6. The zero-order valence-electron chi connectivity index (χ0n) is 18.0. The lowest BCUT2D eigenvalue weighted by molar-refractivity contribution is -0.122. The molecule has 0 aromatic heterocycles. The number of ether oxygens (including phenoxy) is 2. The summed E-state index contributed by atoms with van der Waals surface area (Å²) >= 11 is 1.34. The number of carbonyl (C=O) groups excluding carboxylic acids is 2. The summed E-state index contributed by atoms with van der Waals surface area (Å²) in [5.74, 6) is 0.310. The van der Waals surface area contributed by atoms with Crippen LogP contribution in [0.2, 0.25) is 0 Å². The number of aliphatic imine (C=N–C) groups is 1. The van der Waals surface area contributed by atoms with Gasteiger partial charge in [-0.3, -0.25) is 9.69 Å². The van der Waals surface area contributed by atoms with E-state index in [2.05, 4.69) is 4.99 Å². The molecule has 1 aliphatic rings. The van der Waals surface area contributed by atoms with Gasteiger partial charge in [0.05, 0.1) is 30.4 Å². The molecule has 4 rings (SSSR count). The molecule has 0 saturated carbocycles. The molecule has 7 heteroatoms. The summed E-state index contributed by atoms with van der Waals surface area (Å²) in [4.78, 5) is 31.6. The maximum absolute atomic E-state index is 13.1. The molecular weight excluding hydrogens is 424 g/mol. The third-order valence-corrected chi connectivity index (χ3v) is 6.15. The van der Waals surface area contributed by atoms with Gasteiger partial charge in [0.15, 0.2) is 5.17 Å². The van der Waals surface area contributed by atoms with Crippen LogP contribution < -0.4 is 4.74 Å². The van der Waals surface area contributed by atoms with Crippen LogP contribution in [0.4, 0.5) is 5.69 Å². The van der Waals surface area contributed by atoms with E-state index >= 15 is 0 Å². The molecule has 162 valence electrons. The molecule has 1 heterocycles. The van der Waals surface area contributed by atoms with E-state index in [9.17, 15) is 9.59 Å². The fourth-order valence-corrected chi connectivity index (χ4v) is 4.56. The van der Waals surface area contributed by atoms with Crippen LogP contribution in [-0.4, -0.2) is 42.7 Å². The van der Waals surface area contributed by atoms with Gasteiger partial charge in [0.25, 0.3) is 5.91 Å². The zero-order valence-corrected chi connectivity index (χ0v) is 18.8. The van der Waals surface area contributed by atoms with Gasteiger partial charge in [-0.25, -0.2) is 9.79 Å². The average molecular weight is 447 g/mol. The van der Waals surface area contributed by atoms with Gasteiger partial charge in [0.2, 0.25) is 0 Å². The molecule has 0 spiro atoms. The third-order valence-electron chi connectivity index (χ3n) is 5.14. The minimum Gasteiger partial charge on any atom is -0.496 e. The number of amides is 1. The Kier molecular flexibility index (Phi) is 6.28. The van der Waals surface area contributed by atoms with Gasteiger partial charge < -0.3 is 9.47 Å². The van der Waals surface area contributed by atoms with Gasteiger partial charge >= 0.3 is 5.97 Å². The van der Waals surface area contributed by atoms with Gasteiger partial charge in [-0.2, -0.15) is 0 Å². The van der Waals surface area contributed by atoms with Gasteiger partial charge in [-0.05, 0) is 66.0 Å². The van der Waals surface area contributed by atoms with E-state index in [4.69, 9.17) is 9.47 Å². The Morgan fingerprint density at radius 3 is 2.41 bits per heavy atom. The molecule has 1 saturated heterocycles. The van der Waals surface area contributed by atoms with Crippen molar-refractivity contribution in [2.45, 2.75) is 6.92 Å². The largest absolute Gasteiger partial charge is 0.496 e. The monoisotopic (exact) mass is 446 g/mol. The first-order chi connectivity index (χ1) is 15.5. The number of carbonyl (C=O) groups is 2. The lowest BCUT2D eigenvalue weighted by atomic mass is 10.0. The van der Waals surface area contributed by atoms with E-state index in [0.29, 0.717) is 27.9 Å². The minimum atomic E-state index is -0.401. The second-order valence-electron chi connectivity index (χ2n) is 7.00. The number of benzene rings is 3. The Hall–Kier alpha value is -3.58. The highest BCUT2D eigenvalue weighted by Crippen LogP contribution is 2.36. The van der Waals surface area contributed by atoms with Crippen molar-refractivity contribution >= 4 is 51.3 Å². The average Bonchev–Trinajstić information content (AvgIpc) is 3.12. The van der Waals surface area contributed by atoms with Crippen LogP contribution >= 0.6 is 11.8 Å². The molecule has 32 heavy (non-hydrogen) atoms. The lowest BCUT2D eigenvalue weighted by Gasteiger charge is -2.12. The maximum atomic E-state index is 13.1. The van der Waals surface area contributed by atoms with E-state index in [1.54, 1.807) is 36.3 Å². The third kappa shape index (κ3) is 4.11. The molecule has 0 bridgehead atoms. The SMILES string of the molecule is CCN1C(=O)C(=Cc2ccc(OC)c3ccccc23)SC1=Nc1ccc(C(=O)OC)cc1. The first-order valence-electron chi connectivity index (χ1n) is 10.1. The molecule has 6 nitrogen and oxygen atoms in total. The van der Waals surface area contributed by atoms with Crippen LogP contribution in [0.3, 0.4) is 0 Å². The Bertz CT molecular complexity index is 1250. The number of likely N-dealkylation sites (N-methyl/N-ethyl adjacent to an activating group) is 1. The Morgan fingerprint density at radius 1 is 1.03 bits per heavy atom. The molecule has 1 fully saturated rings. The van der Waals surface area contributed by atoms with E-state index in [1.807, 2.05) is 49.4 Å². The molecule has 0 radical (unpaired) electrons. The number of amidine groups is 1. The quantitative estimate of drug-likeness (QED) is 0.395. The van der Waals surface area contributed by atoms with Crippen molar-refractivity contribution in [1.82, 2.24) is 4.90 Å². The molecule has 0 unspecified atom stereocenters. The number of nitrogens with zero attached hydrogens (tertiary/aromatic N) is 2. The summed E-state index contributed by atoms with van der Waals surface area (Å²) in [5.41, 5.74) is 2.05. The highest BCUT2D eigenvalue weighted by Gasteiger charge is 2.32. The van der Waals surface area contributed by atoms with Crippen molar-refractivity contribution < 1.29 is 19.1 Å². The summed E-state index contributed by atoms with van der Waals surface area (Å²) in [5, 5.41) is 2.61. The summed E-state index contributed by atoms with van der Waals surface area (Å²) in [6, 6.07) is 18.6. The van der Waals surface area contributed by atoms with E-state index in [0.717, 1.165) is 22.1 Å². The molecule has 0 N–H and O–H groups in total.